The van der Waals surface area contributed by atoms with Crippen LogP contribution in [0.5, 0.6) is 5.75 Å². The molecule has 0 bridgehead atoms. The number of aryl methyl sites for hydroxylation is 2. The van der Waals surface area contributed by atoms with Crippen LogP contribution in [0.2, 0.25) is 0 Å². The summed E-state index contributed by atoms with van der Waals surface area (Å²) in [5.41, 5.74) is 0.968. The first-order chi connectivity index (χ1) is 12.1. The van der Waals surface area contributed by atoms with Gasteiger partial charge in [-0.15, -0.1) is 0 Å². The van der Waals surface area contributed by atoms with Crippen LogP contribution in [0.3, 0.4) is 0 Å². The topological polar surface area (TPSA) is 62.0 Å². The average Bonchev–Trinajstić information content (AvgIpc) is 2.93. The zero-order valence-electron chi connectivity index (χ0n) is 15.0. The van der Waals surface area contributed by atoms with E-state index in [2.05, 4.69) is 14.8 Å². The number of oxazole rings is 1. The quantitative estimate of drug-likeness (QED) is 0.826. The van der Waals surface area contributed by atoms with Crippen molar-refractivity contribution in [1.82, 2.24) is 14.8 Å². The van der Waals surface area contributed by atoms with Gasteiger partial charge in [0.25, 0.3) is 0 Å². The summed E-state index contributed by atoms with van der Waals surface area (Å²) < 4.78 is 11.3. The molecule has 0 radical (unpaired) electrons. The number of hydrogen-bond donors (Lipinski definition) is 1. The third-order valence-electron chi connectivity index (χ3n) is 4.55. The van der Waals surface area contributed by atoms with E-state index in [-0.39, 0.29) is 0 Å². The molecule has 1 fully saturated rings. The number of hydrogen-bond acceptors (Lipinski definition) is 6. The van der Waals surface area contributed by atoms with Crippen molar-refractivity contribution >= 4 is 0 Å². The Kier molecular flexibility index (Phi) is 6.07. The summed E-state index contributed by atoms with van der Waals surface area (Å²) in [5, 5.41) is 10.2. The van der Waals surface area contributed by atoms with Crippen LogP contribution in [0.25, 0.3) is 0 Å². The molecule has 25 heavy (non-hydrogen) atoms. The van der Waals surface area contributed by atoms with Crippen LogP contribution in [0.1, 0.15) is 17.3 Å². The molecule has 3 rings (SSSR count). The van der Waals surface area contributed by atoms with Crippen LogP contribution in [0, 0.1) is 13.8 Å². The predicted octanol–water partition coefficient (Wildman–Crippen LogP) is 1.85. The summed E-state index contributed by atoms with van der Waals surface area (Å²) in [4.78, 5) is 9.07. The lowest BCUT2D eigenvalue weighted by Crippen LogP contribution is -2.48. The fourth-order valence-electron chi connectivity index (χ4n) is 2.99. The highest BCUT2D eigenvalue weighted by atomic mass is 16.5. The number of aliphatic hydroxyl groups is 1. The van der Waals surface area contributed by atoms with Crippen molar-refractivity contribution in [2.75, 3.05) is 39.3 Å². The van der Waals surface area contributed by atoms with Gasteiger partial charge in [0.05, 0.1) is 12.2 Å². The van der Waals surface area contributed by atoms with Gasteiger partial charge in [-0.3, -0.25) is 9.80 Å². The SMILES string of the molecule is Cc1nc(CN2CCN(C[C@H](O)COc3ccccc3)CC2)oc1C. The van der Waals surface area contributed by atoms with Crippen molar-refractivity contribution < 1.29 is 14.3 Å². The standard InChI is InChI=1S/C19H27N3O3/c1-15-16(2)25-19(20-15)13-22-10-8-21(9-11-22)12-17(23)14-24-18-6-4-3-5-7-18/h3-7,17,23H,8-14H2,1-2H3/t17-/m0/s1. The monoisotopic (exact) mass is 345 g/mol. The van der Waals surface area contributed by atoms with Gasteiger partial charge >= 0.3 is 0 Å². The molecule has 1 atom stereocenters. The lowest BCUT2D eigenvalue weighted by Gasteiger charge is -2.34. The first-order valence-corrected chi connectivity index (χ1v) is 8.83. The average molecular weight is 345 g/mol. The molecule has 0 spiro atoms. The fourth-order valence-corrected chi connectivity index (χ4v) is 2.99. The molecular weight excluding hydrogens is 318 g/mol. The second kappa shape index (κ2) is 8.47. The van der Waals surface area contributed by atoms with E-state index in [9.17, 15) is 5.11 Å². The van der Waals surface area contributed by atoms with Crippen LogP contribution in [-0.4, -0.2) is 65.3 Å². The van der Waals surface area contributed by atoms with E-state index in [1.54, 1.807) is 0 Å². The Balaban J connectivity index is 1.37. The maximum absolute atomic E-state index is 10.2. The van der Waals surface area contributed by atoms with Crippen LogP contribution in [-0.2, 0) is 6.54 Å². The number of nitrogens with zero attached hydrogens (tertiary/aromatic N) is 3. The van der Waals surface area contributed by atoms with Gasteiger partial charge in [-0.25, -0.2) is 4.98 Å². The summed E-state index contributed by atoms with van der Waals surface area (Å²) in [7, 11) is 0. The number of rotatable bonds is 7. The minimum atomic E-state index is -0.483. The second-order valence-corrected chi connectivity index (χ2v) is 6.60. The number of β-amino-alcohol motifs (C(OH)–C–C–N with tert-alkyl or cyclic N) is 1. The molecule has 1 saturated heterocycles. The number of aliphatic hydroxyl groups excluding tert-OH is 1. The van der Waals surface area contributed by atoms with Crippen molar-refractivity contribution in [3.8, 4) is 5.75 Å². The number of aromatic nitrogens is 1. The Morgan fingerprint density at radius 3 is 2.44 bits per heavy atom. The first-order valence-electron chi connectivity index (χ1n) is 8.83. The van der Waals surface area contributed by atoms with Crippen LogP contribution >= 0.6 is 0 Å². The third-order valence-corrected chi connectivity index (χ3v) is 4.55. The molecular formula is C19H27N3O3. The molecule has 2 aromatic rings. The largest absolute Gasteiger partial charge is 0.491 e. The van der Waals surface area contributed by atoms with Gasteiger partial charge < -0.3 is 14.3 Å². The van der Waals surface area contributed by atoms with Crippen molar-refractivity contribution in [3.05, 3.63) is 47.7 Å². The molecule has 0 aliphatic carbocycles. The second-order valence-electron chi connectivity index (χ2n) is 6.60. The number of ether oxygens (including phenoxy) is 1. The molecule has 1 N–H and O–H groups in total. The molecule has 1 aliphatic rings. The summed E-state index contributed by atoms with van der Waals surface area (Å²) in [5.74, 6) is 2.48. The van der Waals surface area contributed by atoms with Crippen molar-refractivity contribution in [3.63, 3.8) is 0 Å². The molecule has 0 amide bonds. The number of para-hydroxylation sites is 1. The van der Waals surface area contributed by atoms with E-state index < -0.39 is 6.10 Å². The lowest BCUT2D eigenvalue weighted by molar-refractivity contribution is 0.0430. The van der Waals surface area contributed by atoms with Gasteiger partial charge in [-0.2, -0.15) is 0 Å². The van der Waals surface area contributed by atoms with Gasteiger partial charge in [0, 0.05) is 32.7 Å². The van der Waals surface area contributed by atoms with Crippen molar-refractivity contribution in [2.24, 2.45) is 0 Å². The Hall–Kier alpha value is -1.89. The Morgan fingerprint density at radius 2 is 1.80 bits per heavy atom. The van der Waals surface area contributed by atoms with Crippen molar-refractivity contribution in [2.45, 2.75) is 26.5 Å². The molecule has 0 unspecified atom stereocenters. The van der Waals surface area contributed by atoms with E-state index in [1.165, 1.54) is 0 Å². The lowest BCUT2D eigenvalue weighted by atomic mass is 10.2. The molecule has 1 aliphatic heterocycles. The Bertz CT molecular complexity index is 632. The molecule has 0 saturated carbocycles. The minimum absolute atomic E-state index is 0.319. The summed E-state index contributed by atoms with van der Waals surface area (Å²) in [6.07, 6.45) is -0.483. The zero-order chi connectivity index (χ0) is 17.6. The van der Waals surface area contributed by atoms with Gasteiger partial charge in [-0.1, -0.05) is 18.2 Å². The normalized spacial score (nSPS) is 17.6. The van der Waals surface area contributed by atoms with E-state index in [1.807, 2.05) is 44.2 Å². The maximum Gasteiger partial charge on any atom is 0.208 e. The summed E-state index contributed by atoms with van der Waals surface area (Å²) >= 11 is 0. The summed E-state index contributed by atoms with van der Waals surface area (Å²) in [6.45, 7) is 9.39. The third kappa shape index (κ3) is 5.29. The van der Waals surface area contributed by atoms with Crippen molar-refractivity contribution in [1.29, 1.82) is 0 Å². The van der Waals surface area contributed by atoms with Crippen LogP contribution in [0.4, 0.5) is 0 Å². The molecule has 6 heteroatoms. The maximum atomic E-state index is 10.2. The van der Waals surface area contributed by atoms with Crippen LogP contribution < -0.4 is 4.74 Å². The smallest absolute Gasteiger partial charge is 0.208 e. The predicted molar refractivity (Wildman–Crippen MR) is 95.6 cm³/mol. The van der Waals surface area contributed by atoms with E-state index in [4.69, 9.17) is 9.15 Å². The fraction of sp³-hybridized carbons (Fsp3) is 0.526. The highest BCUT2D eigenvalue weighted by Crippen LogP contribution is 2.13. The molecule has 1 aromatic carbocycles. The first kappa shape index (κ1) is 17.9. The Morgan fingerprint density at radius 1 is 1.12 bits per heavy atom. The molecule has 1 aromatic heterocycles. The van der Waals surface area contributed by atoms with E-state index in [0.29, 0.717) is 13.2 Å². The van der Waals surface area contributed by atoms with Gasteiger partial charge in [0.15, 0.2) is 0 Å². The molecule has 6 nitrogen and oxygen atoms in total. The summed E-state index contributed by atoms with van der Waals surface area (Å²) in [6, 6.07) is 9.61. The zero-order valence-corrected chi connectivity index (χ0v) is 15.0. The molecule has 2 heterocycles. The van der Waals surface area contributed by atoms with E-state index >= 15 is 0 Å². The Labute approximate surface area is 149 Å². The van der Waals surface area contributed by atoms with Gasteiger partial charge in [0.2, 0.25) is 5.89 Å². The highest BCUT2D eigenvalue weighted by Gasteiger charge is 2.21. The highest BCUT2D eigenvalue weighted by molar-refractivity contribution is 5.20. The molecule has 136 valence electrons. The van der Waals surface area contributed by atoms with Gasteiger partial charge in [-0.05, 0) is 26.0 Å². The number of piperazine rings is 1. The number of benzene rings is 1. The van der Waals surface area contributed by atoms with Crippen LogP contribution in [0.15, 0.2) is 34.7 Å². The van der Waals surface area contributed by atoms with Gasteiger partial charge in [0.1, 0.15) is 24.2 Å². The minimum Gasteiger partial charge on any atom is -0.491 e. The van der Waals surface area contributed by atoms with E-state index in [0.717, 1.165) is 55.8 Å².